The number of aryl methyl sites for hydroxylation is 2. The highest BCUT2D eigenvalue weighted by molar-refractivity contribution is 5.33. The smallest absolute Gasteiger partial charge is 0.127 e. The number of ether oxygens (including phenoxy) is 1. The zero-order chi connectivity index (χ0) is 19.9. The maximum absolute atomic E-state index is 5.66. The SMILES string of the molecule is CCCCCCCCc1ccccc1.Cc1cccc(Oc2ccccc2)c1. The minimum absolute atomic E-state index is 0.873. The van der Waals surface area contributed by atoms with Crippen LogP contribution in [0.15, 0.2) is 84.9 Å². The van der Waals surface area contributed by atoms with Gasteiger partial charge in [-0.2, -0.15) is 0 Å². The second-order valence-electron chi connectivity index (χ2n) is 7.23. The largest absolute Gasteiger partial charge is 0.457 e. The molecule has 3 rings (SSSR count). The summed E-state index contributed by atoms with van der Waals surface area (Å²) in [5.74, 6) is 1.76. The van der Waals surface area contributed by atoms with Gasteiger partial charge in [-0.1, -0.05) is 99.7 Å². The maximum Gasteiger partial charge on any atom is 0.127 e. The number of rotatable bonds is 9. The fraction of sp³-hybridized carbons (Fsp3) is 0.333. The molecule has 0 aromatic heterocycles. The monoisotopic (exact) mass is 374 g/mol. The molecule has 0 heterocycles. The molecular weight excluding hydrogens is 340 g/mol. The molecule has 0 fully saturated rings. The predicted octanol–water partition coefficient (Wildman–Crippen LogP) is 8.38. The molecule has 1 nitrogen and oxygen atoms in total. The third kappa shape index (κ3) is 9.41. The second-order valence-corrected chi connectivity index (χ2v) is 7.23. The molecule has 0 N–H and O–H groups in total. The fourth-order valence-electron chi connectivity index (χ4n) is 3.06. The minimum atomic E-state index is 0.873. The molecule has 0 unspecified atom stereocenters. The van der Waals surface area contributed by atoms with Gasteiger partial charge in [-0.25, -0.2) is 0 Å². The molecule has 0 aliphatic carbocycles. The first-order valence-electron chi connectivity index (χ1n) is 10.6. The van der Waals surface area contributed by atoms with Gasteiger partial charge in [0, 0.05) is 0 Å². The van der Waals surface area contributed by atoms with Crippen LogP contribution in [-0.4, -0.2) is 0 Å². The van der Waals surface area contributed by atoms with Crippen LogP contribution in [-0.2, 0) is 6.42 Å². The molecule has 0 saturated heterocycles. The van der Waals surface area contributed by atoms with Gasteiger partial charge in [0.25, 0.3) is 0 Å². The topological polar surface area (TPSA) is 9.23 Å². The molecule has 28 heavy (non-hydrogen) atoms. The van der Waals surface area contributed by atoms with Gasteiger partial charge in [-0.05, 0) is 55.2 Å². The van der Waals surface area contributed by atoms with Gasteiger partial charge in [0.2, 0.25) is 0 Å². The fourth-order valence-corrected chi connectivity index (χ4v) is 3.06. The first-order valence-corrected chi connectivity index (χ1v) is 10.6. The summed E-state index contributed by atoms with van der Waals surface area (Å²) in [6, 6.07) is 28.6. The van der Waals surface area contributed by atoms with E-state index in [2.05, 4.69) is 50.2 Å². The minimum Gasteiger partial charge on any atom is -0.457 e. The van der Waals surface area contributed by atoms with E-state index in [9.17, 15) is 0 Å². The Morgan fingerprint density at radius 2 is 1.21 bits per heavy atom. The summed E-state index contributed by atoms with van der Waals surface area (Å²) in [6.45, 7) is 4.32. The van der Waals surface area contributed by atoms with E-state index in [1.807, 2.05) is 48.5 Å². The van der Waals surface area contributed by atoms with Crippen molar-refractivity contribution >= 4 is 0 Å². The number of para-hydroxylation sites is 1. The molecular formula is C27H34O. The van der Waals surface area contributed by atoms with E-state index in [1.54, 1.807) is 0 Å². The summed E-state index contributed by atoms with van der Waals surface area (Å²) in [6.07, 6.45) is 9.60. The van der Waals surface area contributed by atoms with Crippen molar-refractivity contribution in [2.24, 2.45) is 0 Å². The lowest BCUT2D eigenvalue weighted by atomic mass is 10.1. The van der Waals surface area contributed by atoms with Crippen molar-refractivity contribution in [3.8, 4) is 11.5 Å². The Balaban J connectivity index is 0.000000200. The summed E-state index contributed by atoms with van der Waals surface area (Å²) in [5.41, 5.74) is 2.70. The van der Waals surface area contributed by atoms with E-state index in [0.717, 1.165) is 11.5 Å². The highest BCUT2D eigenvalue weighted by Crippen LogP contribution is 2.21. The van der Waals surface area contributed by atoms with Crippen LogP contribution in [0.25, 0.3) is 0 Å². The van der Waals surface area contributed by atoms with Crippen molar-refractivity contribution in [3.63, 3.8) is 0 Å². The Kier molecular flexibility index (Phi) is 10.6. The van der Waals surface area contributed by atoms with Crippen molar-refractivity contribution in [2.75, 3.05) is 0 Å². The molecule has 148 valence electrons. The third-order valence-corrected chi connectivity index (χ3v) is 4.63. The molecule has 3 aromatic carbocycles. The van der Waals surface area contributed by atoms with Crippen LogP contribution in [0, 0.1) is 6.92 Å². The Bertz CT molecular complexity index is 749. The van der Waals surface area contributed by atoms with E-state index < -0.39 is 0 Å². The van der Waals surface area contributed by atoms with Gasteiger partial charge >= 0.3 is 0 Å². The van der Waals surface area contributed by atoms with Crippen molar-refractivity contribution in [1.82, 2.24) is 0 Å². The summed E-state index contributed by atoms with van der Waals surface area (Å²) in [7, 11) is 0. The third-order valence-electron chi connectivity index (χ3n) is 4.63. The molecule has 1 heteroatoms. The van der Waals surface area contributed by atoms with Crippen LogP contribution in [0.4, 0.5) is 0 Å². The van der Waals surface area contributed by atoms with Crippen LogP contribution >= 0.6 is 0 Å². The molecule has 3 aromatic rings. The number of benzene rings is 3. The molecule has 0 aliphatic rings. The number of hydrogen-bond donors (Lipinski definition) is 0. The van der Waals surface area contributed by atoms with Gasteiger partial charge in [-0.15, -0.1) is 0 Å². The first-order chi connectivity index (χ1) is 13.8. The van der Waals surface area contributed by atoms with Crippen LogP contribution in [0.2, 0.25) is 0 Å². The zero-order valence-electron chi connectivity index (χ0n) is 17.4. The van der Waals surface area contributed by atoms with E-state index >= 15 is 0 Å². The molecule has 0 aliphatic heterocycles. The molecule has 0 spiro atoms. The second kappa shape index (κ2) is 13.6. The summed E-state index contributed by atoms with van der Waals surface area (Å²) in [4.78, 5) is 0. The average Bonchev–Trinajstić information content (AvgIpc) is 2.73. The summed E-state index contributed by atoms with van der Waals surface area (Å²) < 4.78 is 5.66. The molecule has 0 radical (unpaired) electrons. The van der Waals surface area contributed by atoms with E-state index in [-0.39, 0.29) is 0 Å². The normalized spacial score (nSPS) is 10.1. The van der Waals surface area contributed by atoms with Gasteiger partial charge in [0.15, 0.2) is 0 Å². The van der Waals surface area contributed by atoms with Crippen LogP contribution in [0.1, 0.15) is 56.6 Å². The van der Waals surface area contributed by atoms with E-state index in [0.29, 0.717) is 0 Å². The Morgan fingerprint density at radius 3 is 1.89 bits per heavy atom. The maximum atomic E-state index is 5.66. The van der Waals surface area contributed by atoms with Crippen molar-refractivity contribution in [3.05, 3.63) is 96.1 Å². The van der Waals surface area contributed by atoms with Crippen molar-refractivity contribution in [1.29, 1.82) is 0 Å². The average molecular weight is 375 g/mol. The zero-order valence-corrected chi connectivity index (χ0v) is 17.4. The van der Waals surface area contributed by atoms with Crippen LogP contribution in [0.5, 0.6) is 11.5 Å². The molecule has 0 atom stereocenters. The summed E-state index contributed by atoms with van der Waals surface area (Å²) >= 11 is 0. The van der Waals surface area contributed by atoms with Crippen molar-refractivity contribution < 1.29 is 4.74 Å². The van der Waals surface area contributed by atoms with Crippen LogP contribution < -0.4 is 4.74 Å². The number of unbranched alkanes of at least 4 members (excludes halogenated alkanes) is 5. The lowest BCUT2D eigenvalue weighted by Gasteiger charge is -2.05. The van der Waals surface area contributed by atoms with Crippen LogP contribution in [0.3, 0.4) is 0 Å². The molecule has 0 bridgehead atoms. The predicted molar refractivity (Wildman–Crippen MR) is 121 cm³/mol. The quantitative estimate of drug-likeness (QED) is 0.342. The number of hydrogen-bond acceptors (Lipinski definition) is 1. The standard InChI is InChI=1S/C14H22.C13H12O/c1-2-3-4-5-6-8-11-14-12-9-7-10-13-14;1-11-6-5-9-13(10-11)14-12-7-3-2-4-8-12/h7,9-10,12-13H,2-6,8,11H2,1H3;2-10H,1H3. The van der Waals surface area contributed by atoms with Crippen molar-refractivity contribution in [2.45, 2.75) is 58.8 Å². The highest BCUT2D eigenvalue weighted by atomic mass is 16.5. The highest BCUT2D eigenvalue weighted by Gasteiger charge is 1.95. The Morgan fingerprint density at radius 1 is 0.607 bits per heavy atom. The Hall–Kier alpha value is -2.54. The lowest BCUT2D eigenvalue weighted by molar-refractivity contribution is 0.482. The Labute approximate surface area is 171 Å². The van der Waals surface area contributed by atoms with E-state index in [4.69, 9.17) is 4.74 Å². The van der Waals surface area contributed by atoms with Gasteiger partial charge in [0.05, 0.1) is 0 Å². The van der Waals surface area contributed by atoms with Gasteiger partial charge in [-0.3, -0.25) is 0 Å². The molecule has 0 amide bonds. The first kappa shape index (κ1) is 21.8. The van der Waals surface area contributed by atoms with Gasteiger partial charge < -0.3 is 4.74 Å². The van der Waals surface area contributed by atoms with Gasteiger partial charge in [0.1, 0.15) is 11.5 Å². The lowest BCUT2D eigenvalue weighted by Crippen LogP contribution is -1.85. The summed E-state index contributed by atoms with van der Waals surface area (Å²) in [5, 5.41) is 0. The molecule has 0 saturated carbocycles. The van der Waals surface area contributed by atoms with E-state index in [1.165, 1.54) is 56.1 Å².